The fraction of sp³-hybridized carbons (Fsp3) is 0.250. The first-order valence-electron chi connectivity index (χ1n) is 16.8. The van der Waals surface area contributed by atoms with E-state index >= 15 is 0 Å². The molecule has 12 nitrogen and oxygen atoms in total. The summed E-state index contributed by atoms with van der Waals surface area (Å²) in [6.07, 6.45) is 0. The van der Waals surface area contributed by atoms with Crippen LogP contribution >= 0.6 is 0 Å². The van der Waals surface area contributed by atoms with E-state index in [9.17, 15) is 19.2 Å². The Morgan fingerprint density at radius 1 is 0.327 bits per heavy atom. The highest BCUT2D eigenvalue weighted by atomic mass is 28.6. The highest BCUT2D eigenvalue weighted by Crippen LogP contribution is 2.37. The molecule has 280 valence electrons. The van der Waals surface area contributed by atoms with E-state index in [2.05, 4.69) is 0 Å². The van der Waals surface area contributed by atoms with Crippen molar-refractivity contribution >= 4 is 90.2 Å². The van der Waals surface area contributed by atoms with Crippen molar-refractivity contribution in [3.63, 3.8) is 0 Å². The van der Waals surface area contributed by atoms with Crippen LogP contribution in [0.4, 0.5) is 0 Å². The third kappa shape index (κ3) is 10.3. The monoisotopic (exact) mass is 848 g/mol. The van der Waals surface area contributed by atoms with Crippen LogP contribution in [-0.4, -0.2) is 88.6 Å². The van der Waals surface area contributed by atoms with Crippen molar-refractivity contribution < 1.29 is 52.1 Å². The zero-order valence-corrected chi connectivity index (χ0v) is 38.6. The molecule has 52 heavy (non-hydrogen) atoms. The van der Waals surface area contributed by atoms with E-state index in [0.717, 1.165) is 0 Å². The summed E-state index contributed by atoms with van der Waals surface area (Å²) in [6.45, 7) is 12.7. The van der Waals surface area contributed by atoms with Crippen molar-refractivity contribution in [2.75, 3.05) is 0 Å². The van der Waals surface area contributed by atoms with E-state index in [1.807, 2.05) is 24.3 Å². The first-order chi connectivity index (χ1) is 24.1. The van der Waals surface area contributed by atoms with Crippen LogP contribution in [0.15, 0.2) is 121 Å². The van der Waals surface area contributed by atoms with Crippen LogP contribution < -0.4 is 20.7 Å². The molecule has 4 N–H and O–H groups in total. The molecule has 0 amide bonds. The van der Waals surface area contributed by atoms with Gasteiger partial charge in [-0.25, -0.2) is 0 Å². The van der Waals surface area contributed by atoms with Gasteiger partial charge in [0.05, 0.1) is 0 Å². The van der Waals surface area contributed by atoms with Crippen molar-refractivity contribution in [1.29, 1.82) is 0 Å². The summed E-state index contributed by atoms with van der Waals surface area (Å²) < 4.78 is 56.8. The van der Waals surface area contributed by atoms with E-state index < -0.39 is 69.5 Å². The van der Waals surface area contributed by atoms with Crippen molar-refractivity contribution in [2.45, 2.75) is 52.4 Å². The molecule has 1 heterocycles. The van der Waals surface area contributed by atoms with Gasteiger partial charge < -0.3 is 52.1 Å². The van der Waals surface area contributed by atoms with Gasteiger partial charge >= 0.3 is 69.5 Å². The molecule has 0 unspecified atom stereocenters. The third-order valence-corrected chi connectivity index (χ3v) is 32.2. The highest BCUT2D eigenvalue weighted by molar-refractivity contribution is 7.05. The maximum Gasteiger partial charge on any atom is 0.514 e. The molecule has 1 fully saturated rings. The predicted molar refractivity (Wildman–Crippen MR) is 215 cm³/mol. The Labute approximate surface area is 314 Å². The van der Waals surface area contributed by atoms with E-state index in [1.165, 1.54) is 0 Å². The number of rotatable bonds is 12. The Bertz CT molecular complexity index is 1480. The molecule has 5 rings (SSSR count). The predicted octanol–water partition coefficient (Wildman–Crippen LogP) is 2.29. The standard InChI is InChI=1S/C32H48O12Si8/c1-45(2,33)37-49(29-21-13-9-14-22-29)41-50(38-46(3,4)34,30-23-15-10-16-24-30)43-52(40-48(7,8)36,32-27-19-12-20-28-32)44-51(42-49,39-47(5,6)35)31-25-17-11-18-26-31/h9-28,33-36H,1-8H3. The molecule has 0 saturated carbocycles. The van der Waals surface area contributed by atoms with Crippen LogP contribution in [0.3, 0.4) is 0 Å². The van der Waals surface area contributed by atoms with Gasteiger partial charge in [-0.1, -0.05) is 121 Å². The average Bonchev–Trinajstić information content (AvgIpc) is 3.02. The molecule has 0 bridgehead atoms. The highest BCUT2D eigenvalue weighted by Gasteiger charge is 2.73. The lowest BCUT2D eigenvalue weighted by Gasteiger charge is -2.52. The topological polar surface area (TPSA) is 155 Å². The van der Waals surface area contributed by atoms with Gasteiger partial charge in [0.2, 0.25) is 0 Å². The summed E-state index contributed by atoms with van der Waals surface area (Å²) in [5.41, 5.74) is 0. The van der Waals surface area contributed by atoms with Crippen LogP contribution in [0.2, 0.25) is 52.4 Å². The smallest absolute Gasteiger partial charge is 0.411 e. The third-order valence-electron chi connectivity index (χ3n) is 7.12. The molecule has 4 aromatic carbocycles. The second kappa shape index (κ2) is 15.3. The molecule has 20 heteroatoms. The SMILES string of the molecule is C[Si](C)(O)O[Si]1(c2ccccc2)O[Si](O[Si](C)(C)O)(c2ccccc2)O[Si](O[Si](C)(C)O)(c2ccccc2)O[Si](O[Si](C)(C)O)(c2ccccc2)O1. The minimum absolute atomic E-state index is 0.422. The molecule has 0 radical (unpaired) electrons. The normalized spacial score (nSPS) is 26.4. The zero-order chi connectivity index (χ0) is 38.1. The Morgan fingerprint density at radius 3 is 0.615 bits per heavy atom. The molecule has 0 aromatic heterocycles. The molecule has 4 aromatic rings. The second-order valence-electron chi connectivity index (χ2n) is 14.3. The van der Waals surface area contributed by atoms with Gasteiger partial charge in [-0.2, -0.15) is 0 Å². The van der Waals surface area contributed by atoms with Crippen molar-refractivity contribution in [1.82, 2.24) is 0 Å². The fourth-order valence-corrected chi connectivity index (χ4v) is 36.3. The summed E-state index contributed by atoms with van der Waals surface area (Å²) >= 11 is 0. The van der Waals surface area contributed by atoms with Gasteiger partial charge in [0.1, 0.15) is 0 Å². The minimum atomic E-state index is -4.66. The first kappa shape index (κ1) is 41.3. The summed E-state index contributed by atoms with van der Waals surface area (Å²) in [5.74, 6) is 0. The van der Waals surface area contributed by atoms with Gasteiger partial charge in [-0.05, 0) is 52.4 Å². The Morgan fingerprint density at radius 2 is 0.481 bits per heavy atom. The summed E-state index contributed by atoms with van der Waals surface area (Å²) in [7, 11) is -33.2. The molecule has 0 aliphatic carbocycles. The number of benzene rings is 4. The molecular weight excluding hydrogens is 801 g/mol. The van der Waals surface area contributed by atoms with E-state index in [1.54, 1.807) is 149 Å². The lowest BCUT2D eigenvalue weighted by molar-refractivity contribution is 0.0894. The minimum Gasteiger partial charge on any atom is -0.411 e. The van der Waals surface area contributed by atoms with Gasteiger partial charge in [0.15, 0.2) is 0 Å². The van der Waals surface area contributed by atoms with Crippen molar-refractivity contribution in [2.24, 2.45) is 0 Å². The lowest BCUT2D eigenvalue weighted by atomic mass is 10.4. The second-order valence-corrected chi connectivity index (χ2v) is 39.2. The molecule has 1 aliphatic rings. The van der Waals surface area contributed by atoms with Gasteiger partial charge in [-0.15, -0.1) is 0 Å². The Hall–Kier alpha value is -1.86. The molecule has 1 aliphatic heterocycles. The van der Waals surface area contributed by atoms with E-state index in [-0.39, 0.29) is 0 Å². The van der Waals surface area contributed by atoms with Crippen LogP contribution in [0, 0.1) is 0 Å². The van der Waals surface area contributed by atoms with Crippen molar-refractivity contribution in [3.8, 4) is 0 Å². The molecule has 0 atom stereocenters. The molecule has 0 spiro atoms. The average molecular weight is 849 g/mol. The summed E-state index contributed by atoms with van der Waals surface area (Å²) in [4.78, 5) is 46.7. The van der Waals surface area contributed by atoms with Crippen LogP contribution in [0.5, 0.6) is 0 Å². The van der Waals surface area contributed by atoms with Crippen LogP contribution in [0.25, 0.3) is 0 Å². The van der Waals surface area contributed by atoms with E-state index in [0.29, 0.717) is 20.7 Å². The summed E-state index contributed by atoms with van der Waals surface area (Å²) in [6, 6.07) is 35.6. The van der Waals surface area contributed by atoms with Crippen molar-refractivity contribution in [3.05, 3.63) is 121 Å². The largest absolute Gasteiger partial charge is 0.514 e. The summed E-state index contributed by atoms with van der Waals surface area (Å²) in [5, 5.41) is 1.69. The lowest BCUT2D eigenvalue weighted by Crippen LogP contribution is -2.85. The van der Waals surface area contributed by atoms with Gasteiger partial charge in [0.25, 0.3) is 0 Å². The number of hydrogen-bond acceptors (Lipinski definition) is 12. The van der Waals surface area contributed by atoms with E-state index in [4.69, 9.17) is 32.9 Å². The quantitative estimate of drug-likeness (QED) is 0.155. The Balaban J connectivity index is 2.01. The number of hydrogen-bond donors (Lipinski definition) is 4. The maximum atomic E-state index is 11.7. The van der Waals surface area contributed by atoms with Gasteiger partial charge in [0, 0.05) is 20.7 Å². The van der Waals surface area contributed by atoms with Gasteiger partial charge in [-0.3, -0.25) is 0 Å². The first-order valence-corrected chi connectivity index (χ1v) is 35.1. The Kier molecular flexibility index (Phi) is 12.2. The molecular formula is C32H48O12Si8. The maximum absolute atomic E-state index is 11.7. The zero-order valence-electron chi connectivity index (χ0n) is 30.6. The fourth-order valence-electron chi connectivity index (χ4n) is 5.55. The molecule has 1 saturated heterocycles. The van der Waals surface area contributed by atoms with Crippen LogP contribution in [-0.2, 0) is 32.9 Å². The van der Waals surface area contributed by atoms with Crippen LogP contribution in [0.1, 0.15) is 0 Å².